The first-order chi connectivity index (χ1) is 13.2. The summed E-state index contributed by atoms with van der Waals surface area (Å²) in [6, 6.07) is 1.91. The smallest absolute Gasteiger partial charge is 0.328 e. The lowest BCUT2D eigenvalue weighted by molar-refractivity contribution is -0.141. The molecule has 0 aliphatic rings. The van der Waals surface area contributed by atoms with Crippen LogP contribution >= 0.6 is 11.6 Å². The van der Waals surface area contributed by atoms with Gasteiger partial charge in [-0.2, -0.15) is 23.0 Å². The largest absolute Gasteiger partial charge is 0.433 e. The number of carbonyl (C=O) groups excluding carboxylic acids is 1. The number of hydrogen-bond acceptors (Lipinski definition) is 6. The molecule has 0 spiro atoms. The maximum absolute atomic E-state index is 12.8. The normalized spacial score (nSPS) is 12.5. The summed E-state index contributed by atoms with van der Waals surface area (Å²) >= 11 is 5.67. The Morgan fingerprint density at radius 3 is 2.61 bits per heavy atom. The zero-order valence-electron chi connectivity index (χ0n) is 14.1. The molecule has 0 bridgehead atoms. The van der Waals surface area contributed by atoms with Gasteiger partial charge in [-0.1, -0.05) is 11.6 Å². The Bertz CT molecular complexity index is 979. The van der Waals surface area contributed by atoms with Crippen LogP contribution in [0.15, 0.2) is 36.9 Å². The van der Waals surface area contributed by atoms with E-state index < -0.39 is 23.9 Å². The van der Waals surface area contributed by atoms with Gasteiger partial charge in [-0.3, -0.25) is 5.32 Å². The molecule has 2 N–H and O–H groups in total. The van der Waals surface area contributed by atoms with Crippen LogP contribution < -0.4 is 10.6 Å². The first-order valence-electron chi connectivity index (χ1n) is 7.73. The number of carbonyl (C=O) groups is 1. The number of anilines is 1. The predicted octanol–water partition coefficient (Wildman–Crippen LogP) is 3.01. The molecule has 0 fully saturated rings. The predicted molar refractivity (Wildman–Crippen MR) is 91.8 cm³/mol. The molecule has 0 saturated heterocycles. The minimum atomic E-state index is -4.70. The van der Waals surface area contributed by atoms with Gasteiger partial charge in [0.25, 0.3) is 5.95 Å². The van der Waals surface area contributed by atoms with Gasteiger partial charge < -0.3 is 5.32 Å². The Morgan fingerprint density at radius 1 is 1.21 bits per heavy atom. The highest BCUT2D eigenvalue weighted by atomic mass is 35.5. The van der Waals surface area contributed by atoms with E-state index in [-0.39, 0.29) is 16.8 Å². The summed E-state index contributed by atoms with van der Waals surface area (Å²) in [7, 11) is 0. The van der Waals surface area contributed by atoms with E-state index in [0.717, 1.165) is 6.07 Å². The van der Waals surface area contributed by atoms with Gasteiger partial charge in [-0.15, -0.1) is 0 Å². The van der Waals surface area contributed by atoms with E-state index in [1.54, 1.807) is 13.0 Å². The Kier molecular flexibility index (Phi) is 5.40. The SMILES string of the molecule is C[C@H](NC(=O)Nc1cc(Cl)cc(C(F)(F)F)n1)c1ncnn1-c1ncccn1. The van der Waals surface area contributed by atoms with E-state index in [4.69, 9.17) is 11.6 Å². The fourth-order valence-corrected chi connectivity index (χ4v) is 2.43. The van der Waals surface area contributed by atoms with Gasteiger partial charge in [-0.25, -0.2) is 24.7 Å². The molecule has 28 heavy (non-hydrogen) atoms. The Labute approximate surface area is 161 Å². The van der Waals surface area contributed by atoms with Crippen molar-refractivity contribution < 1.29 is 18.0 Å². The molecular formula is C15H12ClF3N8O. The first-order valence-corrected chi connectivity index (χ1v) is 8.11. The van der Waals surface area contributed by atoms with Gasteiger partial charge in [0, 0.05) is 17.4 Å². The molecule has 0 saturated carbocycles. The van der Waals surface area contributed by atoms with Crippen LogP contribution in [0, 0.1) is 0 Å². The van der Waals surface area contributed by atoms with Crippen molar-refractivity contribution in [3.8, 4) is 5.95 Å². The summed E-state index contributed by atoms with van der Waals surface area (Å²) in [6.07, 6.45) is -0.406. The summed E-state index contributed by atoms with van der Waals surface area (Å²) in [6.45, 7) is 1.61. The minimum absolute atomic E-state index is 0.216. The summed E-state index contributed by atoms with van der Waals surface area (Å²) in [5, 5.41) is 8.53. The molecule has 146 valence electrons. The highest BCUT2D eigenvalue weighted by Crippen LogP contribution is 2.30. The fourth-order valence-electron chi connectivity index (χ4n) is 2.22. The standard InChI is InChI=1S/C15H12ClF3N8O/c1-8(12-22-7-23-27(12)13-20-3-2-4-21-13)24-14(28)26-11-6-9(16)5-10(25-11)15(17,18)19/h2-8H,1H3,(H2,24,25,26,28)/t8-/m0/s1. The van der Waals surface area contributed by atoms with Gasteiger partial charge >= 0.3 is 12.2 Å². The Morgan fingerprint density at radius 2 is 1.93 bits per heavy atom. The fraction of sp³-hybridized carbons (Fsp3) is 0.200. The number of pyridine rings is 1. The van der Waals surface area contributed by atoms with E-state index >= 15 is 0 Å². The van der Waals surface area contributed by atoms with Gasteiger partial charge in [0.05, 0.1) is 6.04 Å². The van der Waals surface area contributed by atoms with Crippen molar-refractivity contribution in [2.45, 2.75) is 19.1 Å². The summed E-state index contributed by atoms with van der Waals surface area (Å²) < 4.78 is 39.7. The topological polar surface area (TPSA) is 111 Å². The van der Waals surface area contributed by atoms with Crippen molar-refractivity contribution >= 4 is 23.4 Å². The lowest BCUT2D eigenvalue weighted by Gasteiger charge is -2.15. The zero-order valence-corrected chi connectivity index (χ0v) is 14.9. The third-order valence-electron chi connectivity index (χ3n) is 3.37. The molecule has 13 heteroatoms. The average Bonchev–Trinajstić information content (AvgIpc) is 3.11. The van der Waals surface area contributed by atoms with Gasteiger partial charge in [0.1, 0.15) is 17.8 Å². The van der Waals surface area contributed by atoms with Crippen molar-refractivity contribution in [3.63, 3.8) is 0 Å². The lowest BCUT2D eigenvalue weighted by atomic mass is 10.3. The third-order valence-corrected chi connectivity index (χ3v) is 3.59. The zero-order chi connectivity index (χ0) is 20.3. The summed E-state index contributed by atoms with van der Waals surface area (Å²) in [4.78, 5) is 27.7. The van der Waals surface area contributed by atoms with Crippen LogP contribution in [0.25, 0.3) is 5.95 Å². The van der Waals surface area contributed by atoms with Crippen LogP contribution in [0.2, 0.25) is 5.02 Å². The number of alkyl halides is 3. The third kappa shape index (κ3) is 4.52. The van der Waals surface area contributed by atoms with Crippen molar-refractivity contribution in [1.82, 2.24) is 35.0 Å². The second kappa shape index (κ2) is 7.76. The molecular weight excluding hydrogens is 401 g/mol. The second-order valence-corrected chi connectivity index (χ2v) is 5.89. The van der Waals surface area contributed by atoms with Crippen LogP contribution in [0.4, 0.5) is 23.8 Å². The molecule has 3 rings (SSSR count). The summed E-state index contributed by atoms with van der Waals surface area (Å²) in [5.41, 5.74) is -1.22. The number of aromatic nitrogens is 6. The molecule has 9 nitrogen and oxygen atoms in total. The van der Waals surface area contributed by atoms with E-state index in [2.05, 4.69) is 35.7 Å². The second-order valence-electron chi connectivity index (χ2n) is 5.45. The van der Waals surface area contributed by atoms with Crippen LogP contribution in [0.1, 0.15) is 24.5 Å². The van der Waals surface area contributed by atoms with Gasteiger partial charge in [0.15, 0.2) is 5.82 Å². The minimum Gasteiger partial charge on any atom is -0.328 e. The number of nitrogens with zero attached hydrogens (tertiary/aromatic N) is 6. The molecule has 0 aliphatic heterocycles. The number of nitrogens with one attached hydrogen (secondary N) is 2. The summed E-state index contributed by atoms with van der Waals surface area (Å²) in [5.74, 6) is 0.212. The van der Waals surface area contributed by atoms with Crippen molar-refractivity contribution in [3.05, 3.63) is 53.5 Å². The quantitative estimate of drug-likeness (QED) is 0.681. The number of halogens is 4. The van der Waals surface area contributed by atoms with Crippen molar-refractivity contribution in [2.24, 2.45) is 0 Å². The molecule has 3 heterocycles. The molecule has 0 aromatic carbocycles. The monoisotopic (exact) mass is 412 g/mol. The molecule has 3 aromatic rings. The van der Waals surface area contributed by atoms with Crippen LogP contribution in [-0.2, 0) is 6.18 Å². The first kappa shape index (κ1) is 19.5. The number of rotatable bonds is 4. The number of amides is 2. The molecule has 2 amide bonds. The molecule has 3 aromatic heterocycles. The Hall–Kier alpha value is -3.28. The maximum Gasteiger partial charge on any atom is 0.433 e. The van der Waals surface area contributed by atoms with Gasteiger partial charge in [0.2, 0.25) is 0 Å². The lowest BCUT2D eigenvalue weighted by Crippen LogP contribution is -2.33. The van der Waals surface area contributed by atoms with E-state index in [0.29, 0.717) is 11.9 Å². The van der Waals surface area contributed by atoms with Crippen molar-refractivity contribution in [1.29, 1.82) is 0 Å². The maximum atomic E-state index is 12.8. The molecule has 0 radical (unpaired) electrons. The van der Waals surface area contributed by atoms with E-state index in [1.807, 2.05) is 0 Å². The van der Waals surface area contributed by atoms with Crippen LogP contribution in [-0.4, -0.2) is 35.7 Å². The van der Waals surface area contributed by atoms with E-state index in [1.165, 1.54) is 23.4 Å². The van der Waals surface area contributed by atoms with Crippen LogP contribution in [0.5, 0.6) is 0 Å². The molecule has 0 unspecified atom stereocenters. The number of hydrogen-bond donors (Lipinski definition) is 2. The Balaban J connectivity index is 1.73. The number of urea groups is 1. The van der Waals surface area contributed by atoms with Crippen molar-refractivity contribution in [2.75, 3.05) is 5.32 Å². The average molecular weight is 413 g/mol. The highest BCUT2D eigenvalue weighted by Gasteiger charge is 2.33. The highest BCUT2D eigenvalue weighted by molar-refractivity contribution is 6.30. The molecule has 0 aliphatic carbocycles. The molecule has 1 atom stereocenters. The van der Waals surface area contributed by atoms with Gasteiger partial charge in [-0.05, 0) is 25.1 Å². The van der Waals surface area contributed by atoms with Crippen LogP contribution in [0.3, 0.4) is 0 Å². The van der Waals surface area contributed by atoms with E-state index in [9.17, 15) is 18.0 Å².